The third-order valence-electron chi connectivity index (χ3n) is 2.81. The highest BCUT2D eigenvalue weighted by Gasteiger charge is 2.15. The van der Waals surface area contributed by atoms with Crippen LogP contribution in [-0.2, 0) is 0 Å². The van der Waals surface area contributed by atoms with E-state index in [0.29, 0.717) is 17.8 Å². The lowest BCUT2D eigenvalue weighted by molar-refractivity contribution is 0.0995. The first-order valence-corrected chi connectivity index (χ1v) is 5.94. The van der Waals surface area contributed by atoms with Gasteiger partial charge in [-0.05, 0) is 20.0 Å². The second-order valence-electron chi connectivity index (χ2n) is 4.81. The highest BCUT2D eigenvalue weighted by Crippen LogP contribution is 2.09. The first-order chi connectivity index (χ1) is 8.41. The molecule has 0 aliphatic carbocycles. The van der Waals surface area contributed by atoms with Gasteiger partial charge in [0.05, 0.1) is 12.4 Å². The number of hydrogen-bond donors (Lipinski definition) is 2. The molecule has 0 bridgehead atoms. The van der Waals surface area contributed by atoms with Crippen LogP contribution in [0.3, 0.4) is 0 Å². The highest BCUT2D eigenvalue weighted by molar-refractivity contribution is 5.90. The second kappa shape index (κ2) is 6.30. The number of nitrogens with two attached hydrogens (primary N) is 1. The average molecular weight is 251 g/mol. The number of amides is 1. The Labute approximate surface area is 108 Å². The van der Waals surface area contributed by atoms with Crippen molar-refractivity contribution in [2.45, 2.75) is 19.9 Å². The number of nitrogens with zero attached hydrogens (tertiary/aromatic N) is 3. The maximum absolute atomic E-state index is 11.0. The van der Waals surface area contributed by atoms with Crippen molar-refractivity contribution in [3.05, 3.63) is 18.1 Å². The molecule has 1 heterocycles. The third-order valence-corrected chi connectivity index (χ3v) is 2.81. The quantitative estimate of drug-likeness (QED) is 0.772. The number of anilines is 1. The van der Waals surface area contributed by atoms with Gasteiger partial charge >= 0.3 is 0 Å². The smallest absolute Gasteiger partial charge is 0.268 e. The minimum absolute atomic E-state index is 0.172. The van der Waals surface area contributed by atoms with Crippen molar-refractivity contribution in [3.63, 3.8) is 0 Å². The van der Waals surface area contributed by atoms with Crippen molar-refractivity contribution in [1.29, 1.82) is 0 Å². The van der Waals surface area contributed by atoms with E-state index in [2.05, 4.69) is 34.0 Å². The number of carbonyl (C=O) groups excluding carboxylic acids is 1. The van der Waals surface area contributed by atoms with Crippen LogP contribution in [0.1, 0.15) is 24.3 Å². The van der Waals surface area contributed by atoms with Crippen LogP contribution in [0, 0.1) is 5.92 Å². The van der Waals surface area contributed by atoms with Crippen molar-refractivity contribution in [2.24, 2.45) is 11.7 Å². The van der Waals surface area contributed by atoms with Crippen molar-refractivity contribution < 1.29 is 4.79 Å². The van der Waals surface area contributed by atoms with Crippen molar-refractivity contribution >= 4 is 11.7 Å². The largest absolute Gasteiger partial charge is 0.367 e. The van der Waals surface area contributed by atoms with E-state index in [9.17, 15) is 4.79 Å². The van der Waals surface area contributed by atoms with Gasteiger partial charge in [0, 0.05) is 12.6 Å². The van der Waals surface area contributed by atoms with Crippen LogP contribution in [0.2, 0.25) is 0 Å². The lowest BCUT2D eigenvalue weighted by Crippen LogP contribution is -2.38. The first kappa shape index (κ1) is 14.4. The van der Waals surface area contributed by atoms with E-state index in [0.717, 1.165) is 6.54 Å². The zero-order valence-corrected chi connectivity index (χ0v) is 11.3. The summed E-state index contributed by atoms with van der Waals surface area (Å²) >= 11 is 0. The zero-order chi connectivity index (χ0) is 13.7. The lowest BCUT2D eigenvalue weighted by Gasteiger charge is -2.28. The predicted octanol–water partition coefficient (Wildman–Crippen LogP) is 0.574. The van der Waals surface area contributed by atoms with E-state index in [-0.39, 0.29) is 5.69 Å². The Morgan fingerprint density at radius 3 is 2.61 bits per heavy atom. The summed E-state index contributed by atoms with van der Waals surface area (Å²) < 4.78 is 0. The molecule has 1 aromatic heterocycles. The SMILES string of the molecule is CC(C)[C@@H](CNc1cncc(C(N)=O)n1)N(C)C. The average Bonchev–Trinajstić information content (AvgIpc) is 2.28. The normalized spacial score (nSPS) is 12.8. The Hall–Kier alpha value is -1.69. The fourth-order valence-corrected chi connectivity index (χ4v) is 1.79. The van der Waals surface area contributed by atoms with Gasteiger partial charge in [0.25, 0.3) is 5.91 Å². The van der Waals surface area contributed by atoms with Crippen LogP contribution >= 0.6 is 0 Å². The molecule has 1 amide bonds. The summed E-state index contributed by atoms with van der Waals surface area (Å²) in [5.74, 6) is 0.512. The van der Waals surface area contributed by atoms with Gasteiger partial charge in [-0.25, -0.2) is 4.98 Å². The molecule has 0 saturated carbocycles. The topological polar surface area (TPSA) is 84.1 Å². The van der Waals surface area contributed by atoms with Crippen LogP contribution < -0.4 is 11.1 Å². The number of hydrogen-bond acceptors (Lipinski definition) is 5. The van der Waals surface area contributed by atoms with Crippen molar-refractivity contribution in [1.82, 2.24) is 14.9 Å². The molecular formula is C12H21N5O. The molecule has 0 radical (unpaired) electrons. The molecule has 0 saturated heterocycles. The zero-order valence-electron chi connectivity index (χ0n) is 11.3. The summed E-state index contributed by atoms with van der Waals surface area (Å²) in [5, 5.41) is 3.18. The summed E-state index contributed by atoms with van der Waals surface area (Å²) in [5.41, 5.74) is 5.33. The molecule has 0 fully saturated rings. The Morgan fingerprint density at radius 1 is 1.44 bits per heavy atom. The van der Waals surface area contributed by atoms with Gasteiger partial charge in [-0.3, -0.25) is 9.78 Å². The van der Waals surface area contributed by atoms with Crippen molar-refractivity contribution in [2.75, 3.05) is 26.0 Å². The standard InChI is InChI=1S/C12H21N5O/c1-8(2)10(17(3)4)6-15-11-7-14-5-9(16-11)12(13)18/h5,7-8,10H,6H2,1-4H3,(H2,13,18)(H,15,16)/t10-/m1/s1. The fraction of sp³-hybridized carbons (Fsp3) is 0.583. The first-order valence-electron chi connectivity index (χ1n) is 5.94. The van der Waals surface area contributed by atoms with E-state index >= 15 is 0 Å². The van der Waals surface area contributed by atoms with Crippen LogP contribution in [0.5, 0.6) is 0 Å². The molecular weight excluding hydrogens is 230 g/mol. The monoisotopic (exact) mass is 251 g/mol. The van der Waals surface area contributed by atoms with Gasteiger partial charge in [-0.1, -0.05) is 13.8 Å². The molecule has 1 rings (SSSR count). The third kappa shape index (κ3) is 3.96. The van der Waals surface area contributed by atoms with Crippen LogP contribution in [0.15, 0.2) is 12.4 Å². The molecule has 3 N–H and O–H groups in total. The maximum atomic E-state index is 11.0. The predicted molar refractivity (Wildman–Crippen MR) is 71.4 cm³/mol. The number of primary amides is 1. The molecule has 0 spiro atoms. The van der Waals surface area contributed by atoms with Crippen LogP contribution in [-0.4, -0.2) is 47.5 Å². The van der Waals surface area contributed by atoms with Crippen LogP contribution in [0.4, 0.5) is 5.82 Å². The van der Waals surface area contributed by atoms with Crippen molar-refractivity contribution in [3.8, 4) is 0 Å². The minimum Gasteiger partial charge on any atom is -0.367 e. The molecule has 18 heavy (non-hydrogen) atoms. The Bertz CT molecular complexity index is 397. The number of nitrogens with one attached hydrogen (secondary N) is 1. The van der Waals surface area contributed by atoms with E-state index in [4.69, 9.17) is 5.73 Å². The molecule has 0 aliphatic rings. The molecule has 6 nitrogen and oxygen atoms in total. The number of rotatable bonds is 6. The van der Waals surface area contributed by atoms with E-state index in [1.165, 1.54) is 6.20 Å². The maximum Gasteiger partial charge on any atom is 0.268 e. The molecule has 1 aromatic rings. The molecule has 100 valence electrons. The van der Waals surface area contributed by atoms with Gasteiger partial charge in [-0.2, -0.15) is 0 Å². The number of carbonyl (C=O) groups is 1. The summed E-state index contributed by atoms with van der Waals surface area (Å²) in [6.45, 7) is 5.07. The summed E-state index contributed by atoms with van der Waals surface area (Å²) in [7, 11) is 4.08. The summed E-state index contributed by atoms with van der Waals surface area (Å²) in [4.78, 5) is 21.2. The van der Waals surface area contributed by atoms with E-state index in [1.54, 1.807) is 6.20 Å². The molecule has 1 atom stereocenters. The van der Waals surface area contributed by atoms with Gasteiger partial charge in [0.1, 0.15) is 11.5 Å². The molecule has 0 unspecified atom stereocenters. The Kier molecular flexibility index (Phi) is 5.03. The Balaban J connectivity index is 2.67. The van der Waals surface area contributed by atoms with Gasteiger partial charge in [0.2, 0.25) is 0 Å². The molecule has 0 aliphatic heterocycles. The highest BCUT2D eigenvalue weighted by atomic mass is 16.1. The fourth-order valence-electron chi connectivity index (χ4n) is 1.79. The lowest BCUT2D eigenvalue weighted by atomic mass is 10.0. The van der Waals surface area contributed by atoms with E-state index in [1.807, 2.05) is 14.1 Å². The van der Waals surface area contributed by atoms with Crippen LogP contribution in [0.25, 0.3) is 0 Å². The van der Waals surface area contributed by atoms with Gasteiger partial charge in [0.15, 0.2) is 0 Å². The number of likely N-dealkylation sites (N-methyl/N-ethyl adjacent to an activating group) is 1. The summed E-state index contributed by atoms with van der Waals surface area (Å²) in [6, 6.07) is 0.379. The minimum atomic E-state index is -0.570. The Morgan fingerprint density at radius 2 is 2.11 bits per heavy atom. The molecule has 0 aromatic carbocycles. The second-order valence-corrected chi connectivity index (χ2v) is 4.81. The number of aromatic nitrogens is 2. The van der Waals surface area contributed by atoms with Gasteiger partial charge < -0.3 is 16.0 Å². The molecule has 6 heteroatoms. The van der Waals surface area contributed by atoms with E-state index < -0.39 is 5.91 Å². The van der Waals surface area contributed by atoms with Gasteiger partial charge in [-0.15, -0.1) is 0 Å². The summed E-state index contributed by atoms with van der Waals surface area (Å²) in [6.07, 6.45) is 2.94.